The largest absolute Gasteiger partial charge is 0.350 e. The number of nitrogens with two attached hydrogens (primary N) is 1. The summed E-state index contributed by atoms with van der Waals surface area (Å²) >= 11 is 0. The molecule has 1 heterocycles. The summed E-state index contributed by atoms with van der Waals surface area (Å²) in [4.78, 5) is 12.0. The predicted octanol–water partition coefficient (Wildman–Crippen LogP) is 0.157. The monoisotopic (exact) mass is 287 g/mol. The van der Waals surface area contributed by atoms with E-state index in [-0.39, 0.29) is 12.1 Å². The van der Waals surface area contributed by atoms with Gasteiger partial charge in [0, 0.05) is 18.3 Å². The molecule has 108 valence electrons. The molecule has 0 aliphatic heterocycles. The molecule has 0 radical (unpaired) electrons. The summed E-state index contributed by atoms with van der Waals surface area (Å²) in [6.45, 7) is 0.983. The summed E-state index contributed by atoms with van der Waals surface area (Å²) in [5.74, 6) is 4.33. The molecule has 0 fully saturated rings. The molecule has 21 heavy (non-hydrogen) atoms. The number of nitrogens with one attached hydrogen (secondary N) is 1. The average Bonchev–Trinajstić information content (AvgIpc) is 2.99. The molecule has 0 saturated heterocycles. The summed E-state index contributed by atoms with van der Waals surface area (Å²) in [7, 11) is 0. The van der Waals surface area contributed by atoms with Gasteiger partial charge in [0.25, 0.3) is 5.91 Å². The van der Waals surface area contributed by atoms with Gasteiger partial charge in [-0.05, 0) is 18.2 Å². The third-order valence-electron chi connectivity index (χ3n) is 2.64. The van der Waals surface area contributed by atoms with Crippen LogP contribution in [0.5, 0.6) is 0 Å². The number of benzene rings is 1. The van der Waals surface area contributed by atoms with E-state index in [1.807, 2.05) is 0 Å². The predicted molar refractivity (Wildman–Crippen MR) is 74.7 cm³/mol. The van der Waals surface area contributed by atoms with E-state index < -0.39 is 11.7 Å². The van der Waals surface area contributed by atoms with E-state index in [4.69, 9.17) is 5.73 Å². The SMILES string of the molecule is NCC#Cc1ccc(F)c(C(=O)NCCn2ccnn2)c1. The van der Waals surface area contributed by atoms with Crippen LogP contribution >= 0.6 is 0 Å². The van der Waals surface area contributed by atoms with Gasteiger partial charge in [-0.15, -0.1) is 5.10 Å². The molecule has 0 saturated carbocycles. The first-order valence-corrected chi connectivity index (χ1v) is 6.31. The highest BCUT2D eigenvalue weighted by atomic mass is 19.1. The van der Waals surface area contributed by atoms with Crippen molar-refractivity contribution in [1.29, 1.82) is 0 Å². The van der Waals surface area contributed by atoms with Gasteiger partial charge >= 0.3 is 0 Å². The second-order valence-electron chi connectivity index (χ2n) is 4.12. The van der Waals surface area contributed by atoms with Crippen LogP contribution in [0.25, 0.3) is 0 Å². The minimum atomic E-state index is -0.591. The molecule has 2 aromatic rings. The molecular weight excluding hydrogens is 273 g/mol. The molecule has 0 aliphatic carbocycles. The molecular formula is C14H14FN5O. The van der Waals surface area contributed by atoms with Crippen molar-refractivity contribution in [2.45, 2.75) is 6.54 Å². The molecule has 0 bridgehead atoms. The van der Waals surface area contributed by atoms with Crippen LogP contribution in [0.15, 0.2) is 30.6 Å². The molecule has 3 N–H and O–H groups in total. The first-order chi connectivity index (χ1) is 10.2. The molecule has 1 aromatic heterocycles. The van der Waals surface area contributed by atoms with E-state index in [9.17, 15) is 9.18 Å². The molecule has 6 nitrogen and oxygen atoms in total. The lowest BCUT2D eigenvalue weighted by Crippen LogP contribution is -2.28. The molecule has 1 aromatic carbocycles. The lowest BCUT2D eigenvalue weighted by Gasteiger charge is -2.06. The zero-order valence-corrected chi connectivity index (χ0v) is 11.2. The summed E-state index contributed by atoms with van der Waals surface area (Å²) in [5.41, 5.74) is 5.78. The van der Waals surface area contributed by atoms with Crippen LogP contribution in [0.3, 0.4) is 0 Å². The first kappa shape index (κ1) is 14.7. The normalized spacial score (nSPS) is 9.81. The summed E-state index contributed by atoms with van der Waals surface area (Å²) in [6.07, 6.45) is 3.22. The van der Waals surface area contributed by atoms with Crippen LogP contribution in [0.4, 0.5) is 4.39 Å². The van der Waals surface area contributed by atoms with Gasteiger partial charge in [0.2, 0.25) is 0 Å². The van der Waals surface area contributed by atoms with Crippen LogP contribution < -0.4 is 11.1 Å². The maximum atomic E-state index is 13.7. The van der Waals surface area contributed by atoms with E-state index in [0.717, 1.165) is 0 Å². The zero-order chi connectivity index (χ0) is 15.1. The Morgan fingerprint density at radius 2 is 2.33 bits per heavy atom. The third kappa shape index (κ3) is 4.12. The van der Waals surface area contributed by atoms with Gasteiger partial charge in [0.05, 0.1) is 24.8 Å². The number of amides is 1. The van der Waals surface area contributed by atoms with Crippen molar-refractivity contribution in [1.82, 2.24) is 20.3 Å². The van der Waals surface area contributed by atoms with Gasteiger partial charge in [-0.3, -0.25) is 9.48 Å². The Balaban J connectivity index is 2.00. The van der Waals surface area contributed by atoms with Gasteiger partial charge in [-0.1, -0.05) is 17.1 Å². The number of nitrogens with zero attached hydrogens (tertiary/aromatic N) is 3. The molecule has 1 amide bonds. The highest BCUT2D eigenvalue weighted by Crippen LogP contribution is 2.10. The van der Waals surface area contributed by atoms with Crippen LogP contribution in [-0.4, -0.2) is 34.0 Å². The lowest BCUT2D eigenvalue weighted by molar-refractivity contribution is 0.0948. The Morgan fingerprint density at radius 1 is 1.48 bits per heavy atom. The van der Waals surface area contributed by atoms with Crippen LogP contribution in [0, 0.1) is 17.7 Å². The summed E-state index contributed by atoms with van der Waals surface area (Å²) < 4.78 is 15.3. The Kier molecular flexibility index (Phi) is 5.01. The number of rotatable bonds is 4. The molecule has 0 unspecified atom stereocenters. The fourth-order valence-corrected chi connectivity index (χ4v) is 1.66. The van der Waals surface area contributed by atoms with Crippen molar-refractivity contribution in [3.05, 3.63) is 47.5 Å². The highest BCUT2D eigenvalue weighted by molar-refractivity contribution is 5.94. The number of hydrogen-bond acceptors (Lipinski definition) is 4. The maximum absolute atomic E-state index is 13.7. The van der Waals surface area contributed by atoms with Crippen molar-refractivity contribution in [3.8, 4) is 11.8 Å². The van der Waals surface area contributed by atoms with Gasteiger partial charge in [0.15, 0.2) is 0 Å². The van der Waals surface area contributed by atoms with Gasteiger partial charge in [0.1, 0.15) is 5.82 Å². The second kappa shape index (κ2) is 7.17. The molecule has 7 heteroatoms. The number of carbonyl (C=O) groups excluding carboxylic acids is 1. The fraction of sp³-hybridized carbons (Fsp3) is 0.214. The zero-order valence-electron chi connectivity index (χ0n) is 11.2. The van der Waals surface area contributed by atoms with Crippen LogP contribution in [-0.2, 0) is 6.54 Å². The van der Waals surface area contributed by atoms with Crippen molar-refractivity contribution >= 4 is 5.91 Å². The molecule has 2 rings (SSSR count). The van der Waals surface area contributed by atoms with Gasteiger partial charge in [-0.2, -0.15) is 0 Å². The maximum Gasteiger partial charge on any atom is 0.254 e. The van der Waals surface area contributed by atoms with E-state index in [1.165, 1.54) is 18.2 Å². The highest BCUT2D eigenvalue weighted by Gasteiger charge is 2.11. The first-order valence-electron chi connectivity index (χ1n) is 6.31. The molecule has 0 aliphatic rings. The van der Waals surface area contributed by atoms with E-state index in [1.54, 1.807) is 17.1 Å². The number of hydrogen-bond donors (Lipinski definition) is 2. The van der Waals surface area contributed by atoms with Crippen molar-refractivity contribution in [2.75, 3.05) is 13.1 Å². The standard InChI is InChI=1S/C14H14FN5O/c15-13-4-3-11(2-1-5-16)10-12(13)14(21)17-6-8-20-9-7-18-19-20/h3-4,7,9-10H,5-6,8,16H2,(H,17,21). The lowest BCUT2D eigenvalue weighted by atomic mass is 10.1. The third-order valence-corrected chi connectivity index (χ3v) is 2.64. The molecule has 0 spiro atoms. The number of carbonyl (C=O) groups is 1. The average molecular weight is 287 g/mol. The molecule has 0 atom stereocenters. The van der Waals surface area contributed by atoms with Gasteiger partial charge in [-0.25, -0.2) is 4.39 Å². The minimum absolute atomic E-state index is 0.0441. The Morgan fingerprint density at radius 3 is 3.05 bits per heavy atom. The van der Waals surface area contributed by atoms with Crippen molar-refractivity contribution < 1.29 is 9.18 Å². The number of halogens is 1. The van der Waals surface area contributed by atoms with Crippen LogP contribution in [0.2, 0.25) is 0 Å². The van der Waals surface area contributed by atoms with E-state index in [2.05, 4.69) is 27.5 Å². The van der Waals surface area contributed by atoms with Crippen LogP contribution in [0.1, 0.15) is 15.9 Å². The van der Waals surface area contributed by atoms with E-state index >= 15 is 0 Å². The smallest absolute Gasteiger partial charge is 0.254 e. The second-order valence-corrected chi connectivity index (χ2v) is 4.12. The van der Waals surface area contributed by atoms with Crippen molar-refractivity contribution in [2.24, 2.45) is 5.73 Å². The summed E-state index contributed by atoms with van der Waals surface area (Å²) in [5, 5.41) is 10.0. The minimum Gasteiger partial charge on any atom is -0.350 e. The fourth-order valence-electron chi connectivity index (χ4n) is 1.66. The Bertz CT molecular complexity index is 672. The topological polar surface area (TPSA) is 85.8 Å². The number of aromatic nitrogens is 3. The van der Waals surface area contributed by atoms with Gasteiger partial charge < -0.3 is 11.1 Å². The van der Waals surface area contributed by atoms with E-state index in [0.29, 0.717) is 18.7 Å². The quantitative estimate of drug-likeness (QED) is 0.784. The Labute approximate surface area is 121 Å². The Hall–Kier alpha value is -2.72. The summed E-state index contributed by atoms with van der Waals surface area (Å²) in [6, 6.07) is 4.12. The van der Waals surface area contributed by atoms with Crippen molar-refractivity contribution in [3.63, 3.8) is 0 Å².